The third-order valence-corrected chi connectivity index (χ3v) is 5.09. The van der Waals surface area contributed by atoms with Crippen LogP contribution in [-0.4, -0.2) is 26.1 Å². The molecule has 112 valence electrons. The van der Waals surface area contributed by atoms with Gasteiger partial charge in [-0.25, -0.2) is 8.42 Å². The number of sulfone groups is 1. The molecule has 0 saturated heterocycles. The Labute approximate surface area is 124 Å². The minimum absolute atomic E-state index is 0.0592. The van der Waals surface area contributed by atoms with E-state index in [-0.39, 0.29) is 27.6 Å². The fourth-order valence-corrected chi connectivity index (χ4v) is 3.21. The van der Waals surface area contributed by atoms with Gasteiger partial charge in [0.25, 0.3) is 0 Å². The lowest BCUT2D eigenvalue weighted by atomic mass is 10.1. The molecular formula is C13H19ClN2O3S. The quantitative estimate of drug-likeness (QED) is 0.811. The van der Waals surface area contributed by atoms with E-state index in [1.165, 1.54) is 18.2 Å². The SMILES string of the molecule is CC(C)C(C)NC(=O)CS(=O)(=O)c1cc(N)ccc1Cl. The summed E-state index contributed by atoms with van der Waals surface area (Å²) in [5.41, 5.74) is 5.83. The van der Waals surface area contributed by atoms with E-state index in [0.717, 1.165) is 0 Å². The zero-order chi connectivity index (χ0) is 15.5. The van der Waals surface area contributed by atoms with Crippen molar-refractivity contribution >= 4 is 33.0 Å². The van der Waals surface area contributed by atoms with Crippen LogP contribution in [0, 0.1) is 5.92 Å². The number of hydrogen-bond acceptors (Lipinski definition) is 4. The molecule has 0 saturated carbocycles. The van der Waals surface area contributed by atoms with Crippen LogP contribution in [0.4, 0.5) is 5.69 Å². The van der Waals surface area contributed by atoms with Crippen molar-refractivity contribution in [1.29, 1.82) is 0 Å². The first-order valence-corrected chi connectivity index (χ1v) is 8.23. The lowest BCUT2D eigenvalue weighted by Crippen LogP contribution is -2.39. The molecule has 3 N–H and O–H groups in total. The van der Waals surface area contributed by atoms with Crippen LogP contribution in [0.25, 0.3) is 0 Å². The summed E-state index contributed by atoms with van der Waals surface area (Å²) in [4.78, 5) is 11.7. The maximum atomic E-state index is 12.2. The van der Waals surface area contributed by atoms with Crippen molar-refractivity contribution < 1.29 is 13.2 Å². The van der Waals surface area contributed by atoms with Gasteiger partial charge < -0.3 is 11.1 Å². The molecule has 0 aromatic heterocycles. The highest BCUT2D eigenvalue weighted by atomic mass is 35.5. The number of nitrogens with one attached hydrogen (secondary N) is 1. The van der Waals surface area contributed by atoms with Gasteiger partial charge in [0, 0.05) is 11.7 Å². The Kier molecular flexibility index (Phi) is 5.42. The first-order chi connectivity index (χ1) is 9.13. The molecule has 7 heteroatoms. The van der Waals surface area contributed by atoms with Gasteiger partial charge in [-0.2, -0.15) is 0 Å². The van der Waals surface area contributed by atoms with Crippen LogP contribution in [0.15, 0.2) is 23.1 Å². The van der Waals surface area contributed by atoms with Gasteiger partial charge in [0.15, 0.2) is 9.84 Å². The molecular weight excluding hydrogens is 300 g/mol. The Morgan fingerprint density at radius 2 is 1.95 bits per heavy atom. The predicted molar refractivity (Wildman–Crippen MR) is 80.4 cm³/mol. The number of nitrogen functional groups attached to an aromatic ring is 1. The number of benzene rings is 1. The lowest BCUT2D eigenvalue weighted by molar-refractivity contribution is -0.119. The molecule has 1 atom stereocenters. The van der Waals surface area contributed by atoms with Crippen LogP contribution in [0.3, 0.4) is 0 Å². The highest BCUT2D eigenvalue weighted by molar-refractivity contribution is 7.92. The van der Waals surface area contributed by atoms with E-state index in [9.17, 15) is 13.2 Å². The number of carbonyl (C=O) groups is 1. The molecule has 5 nitrogen and oxygen atoms in total. The second-order valence-electron chi connectivity index (χ2n) is 5.05. The van der Waals surface area contributed by atoms with Crippen molar-refractivity contribution in [2.45, 2.75) is 31.7 Å². The summed E-state index contributed by atoms with van der Waals surface area (Å²) in [6, 6.07) is 4.06. The van der Waals surface area contributed by atoms with Crippen LogP contribution in [0.2, 0.25) is 5.02 Å². The summed E-state index contributed by atoms with van der Waals surface area (Å²) in [5, 5.41) is 2.71. The van der Waals surface area contributed by atoms with Crippen molar-refractivity contribution in [3.63, 3.8) is 0 Å². The van der Waals surface area contributed by atoms with Crippen LogP contribution in [-0.2, 0) is 14.6 Å². The molecule has 0 aliphatic heterocycles. The Morgan fingerprint density at radius 1 is 1.35 bits per heavy atom. The number of nitrogens with two attached hydrogens (primary N) is 1. The van der Waals surface area contributed by atoms with Crippen LogP contribution in [0.5, 0.6) is 0 Å². The van der Waals surface area contributed by atoms with Crippen molar-refractivity contribution in [2.75, 3.05) is 11.5 Å². The summed E-state index contributed by atoms with van der Waals surface area (Å²) in [7, 11) is -3.81. The Morgan fingerprint density at radius 3 is 2.50 bits per heavy atom. The maximum Gasteiger partial charge on any atom is 0.235 e. The number of rotatable bonds is 5. The number of anilines is 1. The summed E-state index contributed by atoms with van der Waals surface area (Å²) in [6.45, 7) is 5.70. The van der Waals surface area contributed by atoms with Gasteiger partial charge in [-0.1, -0.05) is 25.4 Å². The van der Waals surface area contributed by atoms with Crippen molar-refractivity contribution in [1.82, 2.24) is 5.32 Å². The second kappa shape index (κ2) is 6.45. The third-order valence-electron chi connectivity index (χ3n) is 3.00. The minimum atomic E-state index is -3.81. The van der Waals surface area contributed by atoms with Crippen LogP contribution in [0.1, 0.15) is 20.8 Å². The monoisotopic (exact) mass is 318 g/mol. The van der Waals surface area contributed by atoms with Gasteiger partial charge in [-0.3, -0.25) is 4.79 Å². The molecule has 1 rings (SSSR count). The summed E-state index contributed by atoms with van der Waals surface area (Å²) >= 11 is 5.85. The standard InChI is InChI=1S/C13H19ClN2O3S/c1-8(2)9(3)16-13(17)7-20(18,19)12-6-10(15)4-5-11(12)14/h4-6,8-9H,7,15H2,1-3H3,(H,16,17). The normalized spacial score (nSPS) is 13.2. The Hall–Kier alpha value is -1.27. The number of hydrogen-bond donors (Lipinski definition) is 2. The zero-order valence-corrected chi connectivity index (χ0v) is 13.3. The highest BCUT2D eigenvalue weighted by Gasteiger charge is 2.23. The fourth-order valence-electron chi connectivity index (χ4n) is 1.47. The van der Waals surface area contributed by atoms with E-state index in [1.807, 2.05) is 20.8 Å². The third kappa shape index (κ3) is 4.38. The van der Waals surface area contributed by atoms with Gasteiger partial charge in [-0.05, 0) is 31.0 Å². The lowest BCUT2D eigenvalue weighted by Gasteiger charge is -2.17. The number of amides is 1. The van der Waals surface area contributed by atoms with E-state index >= 15 is 0 Å². The average molecular weight is 319 g/mol. The Balaban J connectivity index is 2.90. The smallest absolute Gasteiger partial charge is 0.235 e. The molecule has 1 amide bonds. The molecule has 0 aliphatic rings. The molecule has 20 heavy (non-hydrogen) atoms. The summed E-state index contributed by atoms with van der Waals surface area (Å²) in [6.07, 6.45) is 0. The minimum Gasteiger partial charge on any atom is -0.399 e. The average Bonchev–Trinajstić information content (AvgIpc) is 2.31. The van der Waals surface area contributed by atoms with Gasteiger partial charge in [0.1, 0.15) is 5.75 Å². The molecule has 0 aliphatic carbocycles. The van der Waals surface area contributed by atoms with Gasteiger partial charge in [0.2, 0.25) is 5.91 Å². The van der Waals surface area contributed by atoms with Gasteiger partial charge >= 0.3 is 0 Å². The summed E-state index contributed by atoms with van der Waals surface area (Å²) in [5.74, 6) is -0.977. The highest BCUT2D eigenvalue weighted by Crippen LogP contribution is 2.24. The first-order valence-electron chi connectivity index (χ1n) is 6.20. The molecule has 0 heterocycles. The van der Waals surface area contributed by atoms with Gasteiger partial charge in [-0.15, -0.1) is 0 Å². The molecule has 0 spiro atoms. The second-order valence-corrected chi connectivity index (χ2v) is 7.41. The van der Waals surface area contributed by atoms with E-state index in [0.29, 0.717) is 0 Å². The molecule has 1 unspecified atom stereocenters. The van der Waals surface area contributed by atoms with Crippen molar-refractivity contribution in [3.8, 4) is 0 Å². The van der Waals surface area contributed by atoms with E-state index < -0.39 is 21.5 Å². The van der Waals surface area contributed by atoms with Gasteiger partial charge in [0.05, 0.1) is 9.92 Å². The first kappa shape index (κ1) is 16.8. The van der Waals surface area contributed by atoms with Crippen LogP contribution >= 0.6 is 11.6 Å². The van der Waals surface area contributed by atoms with E-state index in [2.05, 4.69) is 5.32 Å². The van der Waals surface area contributed by atoms with E-state index in [4.69, 9.17) is 17.3 Å². The van der Waals surface area contributed by atoms with Crippen molar-refractivity contribution in [2.24, 2.45) is 5.92 Å². The molecule has 0 radical (unpaired) electrons. The molecule has 0 fully saturated rings. The fraction of sp³-hybridized carbons (Fsp3) is 0.462. The summed E-state index contributed by atoms with van der Waals surface area (Å²) < 4.78 is 24.3. The topological polar surface area (TPSA) is 89.3 Å². The maximum absolute atomic E-state index is 12.2. The molecule has 1 aromatic rings. The zero-order valence-electron chi connectivity index (χ0n) is 11.7. The number of carbonyl (C=O) groups excluding carboxylic acids is 1. The number of halogens is 1. The van der Waals surface area contributed by atoms with E-state index in [1.54, 1.807) is 0 Å². The van der Waals surface area contributed by atoms with Crippen LogP contribution < -0.4 is 11.1 Å². The molecule has 0 bridgehead atoms. The van der Waals surface area contributed by atoms with Crippen molar-refractivity contribution in [3.05, 3.63) is 23.2 Å². The molecule has 1 aromatic carbocycles. The Bertz CT molecular complexity index is 600. The largest absolute Gasteiger partial charge is 0.399 e. The predicted octanol–water partition coefficient (Wildman–Crippen LogP) is 1.86.